The van der Waals surface area contributed by atoms with Crippen molar-refractivity contribution in [3.05, 3.63) is 0 Å². The molecule has 0 heterocycles. The fourth-order valence-corrected chi connectivity index (χ4v) is 0.146. The van der Waals surface area contributed by atoms with Gasteiger partial charge in [-0.05, 0) is 0 Å². The van der Waals surface area contributed by atoms with Gasteiger partial charge in [0.15, 0.2) is 0 Å². The molecule has 5 nitrogen and oxygen atoms in total. The zero-order valence-corrected chi connectivity index (χ0v) is 6.55. The van der Waals surface area contributed by atoms with Crippen LogP contribution >= 0.6 is 11.6 Å². The van der Waals surface area contributed by atoms with Gasteiger partial charge >= 0.3 is 0 Å². The average molecular weight is 193 g/mol. The van der Waals surface area contributed by atoms with E-state index in [1.165, 1.54) is 0 Å². The van der Waals surface area contributed by atoms with Crippen LogP contribution in [0, 0.1) is 0 Å². The van der Waals surface area contributed by atoms with Crippen molar-refractivity contribution in [2.75, 3.05) is 12.5 Å². The van der Waals surface area contributed by atoms with Gasteiger partial charge in [0.2, 0.25) is 0 Å². The zero-order valence-electron chi connectivity index (χ0n) is 4.97. The topological polar surface area (TPSA) is 98.0 Å². The molecule has 0 radical (unpaired) electrons. The monoisotopic (exact) mass is 192 g/mol. The third kappa shape index (κ3) is 24.0. The lowest BCUT2D eigenvalue weighted by Gasteiger charge is -1.95. The molecule has 1 unspecified atom stereocenters. The molecule has 10 heavy (non-hydrogen) atoms. The van der Waals surface area contributed by atoms with Crippen molar-refractivity contribution in [3.63, 3.8) is 0 Å². The summed E-state index contributed by atoms with van der Waals surface area (Å²) < 4.78 is 22.8. The van der Waals surface area contributed by atoms with Gasteiger partial charge in [0.25, 0.3) is 11.4 Å². The maximum Gasteiger partial charge on any atom is 0.299 e. The van der Waals surface area contributed by atoms with Crippen LogP contribution in [0.1, 0.15) is 0 Å². The van der Waals surface area contributed by atoms with E-state index in [-0.39, 0.29) is 12.5 Å². The molecule has 0 aliphatic carbocycles. The second-order valence-corrected chi connectivity index (χ2v) is 1.99. The number of hydrogen-bond acceptors (Lipinski definition) is 3. The Morgan fingerprint density at radius 1 is 1.50 bits per heavy atom. The van der Waals surface area contributed by atoms with E-state index in [1.807, 2.05) is 0 Å². The van der Waals surface area contributed by atoms with Crippen LogP contribution < -0.4 is 0 Å². The van der Waals surface area contributed by atoms with Crippen molar-refractivity contribution in [2.45, 2.75) is 6.10 Å². The van der Waals surface area contributed by atoms with E-state index in [0.717, 1.165) is 0 Å². The van der Waals surface area contributed by atoms with Crippen LogP contribution in [-0.2, 0) is 11.4 Å². The summed E-state index contributed by atoms with van der Waals surface area (Å²) in [6, 6.07) is 0. The van der Waals surface area contributed by atoms with Gasteiger partial charge in [0, 0.05) is 0 Å². The summed E-state index contributed by atoms with van der Waals surface area (Å²) in [6.45, 7) is -0.247. The standard InChI is InChI=1S/C3H7ClO2.H2O3S/c4-1-3(6)2-5;1-4(2)3/h3,5-6H,1-2H2;(H2,1,2,3). The normalized spacial score (nSPS) is 12.2. The third-order valence-corrected chi connectivity index (χ3v) is 0.745. The Kier molecular flexibility index (Phi) is 12.0. The van der Waals surface area contributed by atoms with Crippen molar-refractivity contribution in [1.82, 2.24) is 0 Å². The quantitative estimate of drug-likeness (QED) is 0.341. The third-order valence-electron chi connectivity index (χ3n) is 0.389. The molecule has 0 aliphatic rings. The van der Waals surface area contributed by atoms with Gasteiger partial charge in [-0.3, -0.25) is 9.11 Å². The molecule has 7 heteroatoms. The highest BCUT2D eigenvalue weighted by molar-refractivity contribution is 7.73. The van der Waals surface area contributed by atoms with Crippen LogP contribution in [0.4, 0.5) is 0 Å². The van der Waals surface area contributed by atoms with Crippen molar-refractivity contribution in [3.8, 4) is 0 Å². The summed E-state index contributed by atoms with van der Waals surface area (Å²) in [5, 5.41) is 16.3. The van der Waals surface area contributed by atoms with Crippen LogP contribution in [0.2, 0.25) is 0 Å². The minimum absolute atomic E-state index is 0.108. The Morgan fingerprint density at radius 2 is 1.80 bits per heavy atom. The molecule has 1 atom stereocenters. The van der Waals surface area contributed by atoms with Crippen molar-refractivity contribution < 1.29 is 23.5 Å². The van der Waals surface area contributed by atoms with Gasteiger partial charge in [0.1, 0.15) is 0 Å². The molecule has 0 aliphatic heterocycles. The molecular weight excluding hydrogens is 184 g/mol. The minimum Gasteiger partial charge on any atom is -0.394 e. The van der Waals surface area contributed by atoms with E-state index >= 15 is 0 Å². The molecule has 0 aromatic heterocycles. The van der Waals surface area contributed by atoms with Crippen molar-refractivity contribution in [2.24, 2.45) is 0 Å². The molecule has 64 valence electrons. The van der Waals surface area contributed by atoms with Gasteiger partial charge in [-0.25, -0.2) is 0 Å². The van der Waals surface area contributed by atoms with E-state index < -0.39 is 17.5 Å². The Morgan fingerprint density at radius 3 is 1.80 bits per heavy atom. The molecule has 0 saturated heterocycles. The Labute approximate surface area is 65.7 Å². The van der Waals surface area contributed by atoms with E-state index in [2.05, 4.69) is 0 Å². The lowest BCUT2D eigenvalue weighted by atomic mass is 10.5. The lowest BCUT2D eigenvalue weighted by molar-refractivity contribution is 0.112. The molecule has 0 rings (SSSR count). The second-order valence-electron chi connectivity index (χ2n) is 1.22. The number of rotatable bonds is 2. The highest BCUT2D eigenvalue weighted by Crippen LogP contribution is 1.81. The zero-order chi connectivity index (χ0) is 8.57. The van der Waals surface area contributed by atoms with Crippen LogP contribution in [0.5, 0.6) is 0 Å². The number of hydrogen-bond donors (Lipinski definition) is 4. The summed E-state index contributed by atoms with van der Waals surface area (Å²) in [6.07, 6.45) is -0.744. The summed E-state index contributed by atoms with van der Waals surface area (Å²) in [5.41, 5.74) is 0. The van der Waals surface area contributed by atoms with Gasteiger partial charge in [-0.1, -0.05) is 0 Å². The average Bonchev–Trinajstić information content (AvgIpc) is 1.85. The van der Waals surface area contributed by atoms with Crippen molar-refractivity contribution >= 4 is 23.0 Å². The van der Waals surface area contributed by atoms with Gasteiger partial charge in [-0.15, -0.1) is 11.6 Å². The summed E-state index contributed by atoms with van der Waals surface area (Å²) >= 11 is 2.43. The smallest absolute Gasteiger partial charge is 0.299 e. The molecule has 0 bridgehead atoms. The molecule has 0 spiro atoms. The Balaban J connectivity index is 0. The van der Waals surface area contributed by atoms with E-state index in [1.54, 1.807) is 0 Å². The Hall–Kier alpha value is 0.280. The summed E-state index contributed by atoms with van der Waals surface area (Å²) in [5.74, 6) is 0.108. The van der Waals surface area contributed by atoms with Crippen LogP contribution in [0.25, 0.3) is 0 Å². The van der Waals surface area contributed by atoms with E-state index in [4.69, 9.17) is 35.1 Å². The first-order chi connectivity index (χ1) is 4.54. The highest BCUT2D eigenvalue weighted by atomic mass is 35.5. The number of alkyl halides is 1. The van der Waals surface area contributed by atoms with Crippen molar-refractivity contribution in [1.29, 1.82) is 0 Å². The number of aliphatic hydroxyl groups is 2. The van der Waals surface area contributed by atoms with Crippen LogP contribution in [-0.4, -0.2) is 42.1 Å². The van der Waals surface area contributed by atoms with E-state index in [0.29, 0.717) is 0 Å². The van der Waals surface area contributed by atoms with Gasteiger partial charge in [0.05, 0.1) is 18.6 Å². The van der Waals surface area contributed by atoms with Crippen LogP contribution in [0.15, 0.2) is 0 Å². The largest absolute Gasteiger partial charge is 0.394 e. The first-order valence-electron chi connectivity index (χ1n) is 2.19. The van der Waals surface area contributed by atoms with Gasteiger partial charge < -0.3 is 10.2 Å². The molecule has 4 N–H and O–H groups in total. The first kappa shape index (κ1) is 12.9. The second kappa shape index (κ2) is 9.28. The first-order valence-corrected chi connectivity index (χ1v) is 3.79. The Bertz CT molecular complexity index is 81.0. The molecule has 0 aromatic rings. The fraction of sp³-hybridized carbons (Fsp3) is 1.00. The predicted molar refractivity (Wildman–Crippen MR) is 37.2 cm³/mol. The van der Waals surface area contributed by atoms with Crippen LogP contribution in [0.3, 0.4) is 0 Å². The molecule has 0 fully saturated rings. The summed E-state index contributed by atoms with van der Waals surface area (Å²) in [7, 11) is 0. The van der Waals surface area contributed by atoms with Gasteiger partial charge in [-0.2, -0.15) is 4.21 Å². The predicted octanol–water partition coefficient (Wildman–Crippen LogP) is -0.740. The summed E-state index contributed by atoms with van der Waals surface area (Å²) in [4.78, 5) is 0. The SMILES string of the molecule is O=S(O)O.OCC(O)CCl. The molecule has 0 aromatic carbocycles. The maximum atomic E-state index is 8.67. The molecule has 0 saturated carbocycles. The molecular formula is C3H9ClO5S. The number of halogens is 1. The highest BCUT2D eigenvalue weighted by Gasteiger charge is 1.94. The maximum absolute atomic E-state index is 8.67. The molecule has 0 amide bonds. The fourth-order valence-electron chi connectivity index (χ4n) is 0.0488. The minimum atomic E-state index is -2.61. The van der Waals surface area contributed by atoms with E-state index in [9.17, 15) is 0 Å². The number of aliphatic hydroxyl groups excluding tert-OH is 2. The lowest BCUT2D eigenvalue weighted by Crippen LogP contribution is -2.12.